The van der Waals surface area contributed by atoms with Gasteiger partial charge in [0.05, 0.1) is 6.61 Å². The molecule has 1 aliphatic heterocycles. The summed E-state index contributed by atoms with van der Waals surface area (Å²) in [5, 5.41) is 7.43. The zero-order chi connectivity index (χ0) is 15.4. The highest BCUT2D eigenvalue weighted by atomic mass is 16.5. The predicted octanol–water partition coefficient (Wildman–Crippen LogP) is 2.65. The Balaban J connectivity index is 1.64. The zero-order valence-electron chi connectivity index (χ0n) is 12.1. The molecule has 0 saturated carbocycles. The molecule has 1 aromatic heterocycles. The van der Waals surface area contributed by atoms with Gasteiger partial charge in [-0.1, -0.05) is 0 Å². The largest absolute Gasteiger partial charge is 0.493 e. The van der Waals surface area contributed by atoms with Crippen LogP contribution in [-0.2, 0) is 6.42 Å². The number of aromatic nitrogens is 2. The number of carbonyl (C=O) groups excluding carboxylic acids is 2. The minimum atomic E-state index is -0.164. The Hall–Kier alpha value is -2.56. The van der Waals surface area contributed by atoms with Gasteiger partial charge in [0, 0.05) is 24.6 Å². The van der Waals surface area contributed by atoms with Crippen molar-refractivity contribution in [1.29, 1.82) is 0 Å². The highest BCUT2D eigenvalue weighted by molar-refractivity contribution is 6.01. The third kappa shape index (κ3) is 3.19. The average Bonchev–Trinajstić information content (AvgIpc) is 2.59. The Morgan fingerprint density at radius 2 is 2.00 bits per heavy atom. The van der Waals surface area contributed by atoms with E-state index in [1.165, 1.54) is 6.20 Å². The first-order valence-corrected chi connectivity index (χ1v) is 7.34. The van der Waals surface area contributed by atoms with E-state index in [9.17, 15) is 9.59 Å². The van der Waals surface area contributed by atoms with Crippen molar-refractivity contribution in [3.63, 3.8) is 0 Å². The van der Waals surface area contributed by atoms with Gasteiger partial charge in [0.2, 0.25) is 0 Å². The molecule has 0 N–H and O–H groups in total. The number of rotatable bonds is 5. The molecule has 1 aromatic carbocycles. The number of nitrogens with zero attached hydrogens (tertiary/aromatic N) is 2. The number of hydrogen-bond donors (Lipinski definition) is 0. The summed E-state index contributed by atoms with van der Waals surface area (Å²) in [4.78, 5) is 24.2. The van der Waals surface area contributed by atoms with E-state index < -0.39 is 0 Å². The lowest BCUT2D eigenvalue weighted by Crippen LogP contribution is -2.11. The molecule has 3 rings (SSSR count). The predicted molar refractivity (Wildman–Crippen MR) is 80.2 cm³/mol. The normalized spacial score (nSPS) is 13.1. The molecular formula is C17H16N2O3. The van der Waals surface area contributed by atoms with Crippen molar-refractivity contribution in [2.24, 2.45) is 0 Å². The number of carbonyl (C=O) groups is 2. The highest BCUT2D eigenvalue weighted by Crippen LogP contribution is 2.26. The fourth-order valence-corrected chi connectivity index (χ4v) is 2.48. The summed E-state index contributed by atoms with van der Waals surface area (Å²) in [5.74, 6) is 0.659. The number of Topliss-reactive ketones (excluding diaryl/α,β-unsaturated/α-hetero) is 2. The molecule has 0 unspecified atom stereocenters. The molecule has 5 heteroatoms. The van der Waals surface area contributed by atoms with Gasteiger partial charge in [0.1, 0.15) is 11.4 Å². The van der Waals surface area contributed by atoms with Crippen LogP contribution in [0.1, 0.15) is 45.7 Å². The van der Waals surface area contributed by atoms with Gasteiger partial charge < -0.3 is 4.74 Å². The van der Waals surface area contributed by atoms with E-state index in [1.54, 1.807) is 18.2 Å². The van der Waals surface area contributed by atoms with Crippen LogP contribution in [0.2, 0.25) is 0 Å². The average molecular weight is 296 g/mol. The van der Waals surface area contributed by atoms with Crippen LogP contribution >= 0.6 is 0 Å². The SMILES string of the molecule is O=C(CCC(=O)c1cccnn1)c1ccc2c(c1)CCCO2. The summed E-state index contributed by atoms with van der Waals surface area (Å²) in [6.45, 7) is 0.729. The maximum absolute atomic E-state index is 12.2. The Morgan fingerprint density at radius 1 is 1.14 bits per heavy atom. The van der Waals surface area contributed by atoms with E-state index in [4.69, 9.17) is 4.74 Å². The number of aryl methyl sites for hydroxylation is 1. The van der Waals surface area contributed by atoms with Crippen molar-refractivity contribution in [2.75, 3.05) is 6.61 Å². The van der Waals surface area contributed by atoms with Crippen molar-refractivity contribution in [3.8, 4) is 5.75 Å². The molecule has 1 aliphatic rings. The molecule has 0 amide bonds. The number of ketones is 2. The fraction of sp³-hybridized carbons (Fsp3) is 0.294. The standard InChI is InChI=1S/C17H16N2O3/c20-15(6-7-16(21)14-4-1-9-18-19-14)12-5-8-17-13(11-12)3-2-10-22-17/h1,4-5,8-9,11H,2-3,6-7,10H2. The molecule has 2 heterocycles. The second-order valence-corrected chi connectivity index (χ2v) is 5.23. The maximum Gasteiger partial charge on any atom is 0.183 e. The minimum absolute atomic E-state index is 0.0365. The van der Waals surface area contributed by atoms with Crippen LogP contribution in [0.4, 0.5) is 0 Å². The van der Waals surface area contributed by atoms with Gasteiger partial charge in [-0.3, -0.25) is 9.59 Å². The van der Waals surface area contributed by atoms with Crippen molar-refractivity contribution >= 4 is 11.6 Å². The summed E-state index contributed by atoms with van der Waals surface area (Å²) in [5.41, 5.74) is 2.00. The second kappa shape index (κ2) is 6.47. The molecule has 0 aliphatic carbocycles. The third-order valence-corrected chi connectivity index (χ3v) is 3.67. The van der Waals surface area contributed by atoms with Gasteiger partial charge in [0.25, 0.3) is 0 Å². The number of ether oxygens (including phenoxy) is 1. The molecule has 0 atom stereocenters. The van der Waals surface area contributed by atoms with Gasteiger partial charge in [-0.2, -0.15) is 5.10 Å². The van der Waals surface area contributed by atoms with Crippen LogP contribution in [0.15, 0.2) is 36.5 Å². The molecular weight excluding hydrogens is 280 g/mol. The summed E-state index contributed by atoms with van der Waals surface area (Å²) < 4.78 is 5.53. The van der Waals surface area contributed by atoms with Gasteiger partial charge in [-0.15, -0.1) is 5.10 Å². The summed E-state index contributed by atoms with van der Waals surface area (Å²) in [7, 11) is 0. The van der Waals surface area contributed by atoms with Crippen LogP contribution in [0.25, 0.3) is 0 Å². The van der Waals surface area contributed by atoms with E-state index in [0.717, 1.165) is 30.8 Å². The first-order valence-electron chi connectivity index (χ1n) is 7.34. The second-order valence-electron chi connectivity index (χ2n) is 5.23. The van der Waals surface area contributed by atoms with Crippen LogP contribution in [-0.4, -0.2) is 28.4 Å². The van der Waals surface area contributed by atoms with E-state index in [0.29, 0.717) is 11.3 Å². The van der Waals surface area contributed by atoms with Gasteiger partial charge in [-0.25, -0.2) is 0 Å². The van der Waals surface area contributed by atoms with Crippen LogP contribution < -0.4 is 4.74 Å². The molecule has 0 bridgehead atoms. The smallest absolute Gasteiger partial charge is 0.183 e. The van der Waals surface area contributed by atoms with Crippen LogP contribution in [0, 0.1) is 0 Å². The molecule has 112 valence electrons. The quantitative estimate of drug-likeness (QED) is 0.793. The molecule has 0 fully saturated rings. The first-order chi connectivity index (χ1) is 10.7. The van der Waals surface area contributed by atoms with Gasteiger partial charge in [-0.05, 0) is 48.7 Å². The van der Waals surface area contributed by atoms with Gasteiger partial charge >= 0.3 is 0 Å². The van der Waals surface area contributed by atoms with Crippen molar-refractivity contribution in [2.45, 2.75) is 25.7 Å². The Labute approximate surface area is 128 Å². The lowest BCUT2D eigenvalue weighted by Gasteiger charge is -2.17. The monoisotopic (exact) mass is 296 g/mol. The summed E-state index contributed by atoms with van der Waals surface area (Å²) in [6, 6.07) is 8.75. The minimum Gasteiger partial charge on any atom is -0.493 e. The summed E-state index contributed by atoms with van der Waals surface area (Å²) >= 11 is 0. The van der Waals surface area contributed by atoms with E-state index in [2.05, 4.69) is 10.2 Å². The topological polar surface area (TPSA) is 69.2 Å². The molecule has 0 radical (unpaired) electrons. The zero-order valence-corrected chi connectivity index (χ0v) is 12.1. The van der Waals surface area contributed by atoms with Crippen molar-refractivity contribution < 1.29 is 14.3 Å². The van der Waals surface area contributed by atoms with E-state index in [1.807, 2.05) is 12.1 Å². The van der Waals surface area contributed by atoms with Gasteiger partial charge in [0.15, 0.2) is 11.6 Å². The Morgan fingerprint density at radius 3 is 2.82 bits per heavy atom. The van der Waals surface area contributed by atoms with E-state index >= 15 is 0 Å². The Bertz CT molecular complexity index is 698. The van der Waals surface area contributed by atoms with Crippen molar-refractivity contribution in [3.05, 3.63) is 53.3 Å². The summed E-state index contributed by atoms with van der Waals surface area (Å²) in [6.07, 6.45) is 3.72. The molecule has 5 nitrogen and oxygen atoms in total. The van der Waals surface area contributed by atoms with Crippen molar-refractivity contribution in [1.82, 2.24) is 10.2 Å². The fourth-order valence-electron chi connectivity index (χ4n) is 2.48. The first kappa shape index (κ1) is 14.4. The lowest BCUT2D eigenvalue weighted by atomic mass is 9.98. The van der Waals surface area contributed by atoms with Crippen LogP contribution in [0.5, 0.6) is 5.75 Å². The molecule has 0 saturated heterocycles. The Kier molecular flexibility index (Phi) is 4.23. The third-order valence-electron chi connectivity index (χ3n) is 3.67. The maximum atomic E-state index is 12.2. The van der Waals surface area contributed by atoms with Crippen LogP contribution in [0.3, 0.4) is 0 Å². The highest BCUT2D eigenvalue weighted by Gasteiger charge is 2.15. The van der Waals surface area contributed by atoms with E-state index in [-0.39, 0.29) is 24.4 Å². The lowest BCUT2D eigenvalue weighted by molar-refractivity contribution is 0.0914. The molecule has 0 spiro atoms. The number of fused-ring (bicyclic) bond motifs is 1. The number of hydrogen-bond acceptors (Lipinski definition) is 5. The molecule has 2 aromatic rings. The number of benzene rings is 1. The molecule has 22 heavy (non-hydrogen) atoms.